The second-order valence-corrected chi connectivity index (χ2v) is 6.48. The molecule has 122 valence electrons. The number of ether oxygens (including phenoxy) is 1. The van der Waals surface area contributed by atoms with Gasteiger partial charge in [0.05, 0.1) is 7.11 Å². The van der Waals surface area contributed by atoms with Crippen LogP contribution in [0.25, 0.3) is 0 Å². The molecule has 1 aromatic rings. The molecule has 0 aliphatic rings. The van der Waals surface area contributed by atoms with Crippen LogP contribution in [0.2, 0.25) is 0 Å². The van der Waals surface area contributed by atoms with Crippen molar-refractivity contribution in [1.29, 1.82) is 0 Å². The summed E-state index contributed by atoms with van der Waals surface area (Å²) in [5.41, 5.74) is 0.886. The van der Waals surface area contributed by atoms with Crippen molar-refractivity contribution < 1.29 is 19.4 Å². The van der Waals surface area contributed by atoms with Gasteiger partial charge in [0.15, 0.2) is 0 Å². The lowest BCUT2D eigenvalue weighted by molar-refractivity contribution is -0.146. The van der Waals surface area contributed by atoms with Crippen molar-refractivity contribution in [2.24, 2.45) is 5.92 Å². The number of halogens is 1. The predicted molar refractivity (Wildman–Crippen MR) is 87.3 cm³/mol. The first kappa shape index (κ1) is 18.6. The molecule has 0 heterocycles. The molecule has 2 atom stereocenters. The number of carbonyl (C=O) groups is 2. The molecular formula is C16H22BrNO4. The number of carbonyl (C=O) groups excluding carboxylic acids is 2. The highest BCUT2D eigenvalue weighted by Crippen LogP contribution is 2.13. The molecule has 0 saturated carbocycles. The number of hydrogen-bond donors (Lipinski definition) is 2. The first-order valence-electron chi connectivity index (χ1n) is 7.14. The predicted octanol–water partition coefficient (Wildman–Crippen LogP) is 2.06. The van der Waals surface area contributed by atoms with Gasteiger partial charge in [0.25, 0.3) is 0 Å². The fraction of sp³-hybridized carbons (Fsp3) is 0.500. The number of nitrogens with one attached hydrogen (secondary N) is 1. The van der Waals surface area contributed by atoms with Crippen molar-refractivity contribution in [2.75, 3.05) is 7.11 Å². The molecule has 0 aliphatic carbocycles. The molecule has 0 unspecified atom stereocenters. The van der Waals surface area contributed by atoms with E-state index in [4.69, 9.17) is 4.74 Å². The second-order valence-electron chi connectivity index (χ2n) is 5.56. The Hall–Kier alpha value is -1.40. The fourth-order valence-electron chi connectivity index (χ4n) is 2.01. The SMILES string of the molecule is COC(=O)[C@H](Cc1ccc(Br)cc1)NC(=O)[C@H](O)CC(C)C. The highest BCUT2D eigenvalue weighted by molar-refractivity contribution is 9.10. The Morgan fingerprint density at radius 2 is 1.86 bits per heavy atom. The van der Waals surface area contributed by atoms with Crippen LogP contribution in [-0.4, -0.2) is 36.2 Å². The highest BCUT2D eigenvalue weighted by Gasteiger charge is 2.25. The van der Waals surface area contributed by atoms with Crippen molar-refractivity contribution in [1.82, 2.24) is 5.32 Å². The van der Waals surface area contributed by atoms with E-state index in [2.05, 4.69) is 21.2 Å². The smallest absolute Gasteiger partial charge is 0.328 e. The van der Waals surface area contributed by atoms with Gasteiger partial charge in [-0.3, -0.25) is 4.79 Å². The Morgan fingerprint density at radius 1 is 1.27 bits per heavy atom. The van der Waals surface area contributed by atoms with Gasteiger partial charge < -0.3 is 15.2 Å². The Morgan fingerprint density at radius 3 is 2.36 bits per heavy atom. The van der Waals surface area contributed by atoms with Crippen LogP contribution < -0.4 is 5.32 Å². The van der Waals surface area contributed by atoms with Crippen molar-refractivity contribution >= 4 is 27.8 Å². The molecule has 0 fully saturated rings. The summed E-state index contributed by atoms with van der Waals surface area (Å²) in [4.78, 5) is 23.8. The normalized spacial score (nSPS) is 13.5. The average molecular weight is 372 g/mol. The summed E-state index contributed by atoms with van der Waals surface area (Å²) >= 11 is 3.34. The number of amides is 1. The molecule has 1 amide bonds. The van der Waals surface area contributed by atoms with Gasteiger partial charge in [0, 0.05) is 10.9 Å². The second kappa shape index (κ2) is 8.90. The van der Waals surface area contributed by atoms with Crippen molar-refractivity contribution in [3.05, 3.63) is 34.3 Å². The summed E-state index contributed by atoms with van der Waals surface area (Å²) in [6.07, 6.45) is -0.477. The lowest BCUT2D eigenvalue weighted by atomic mass is 10.0. The Bertz CT molecular complexity index is 501. The summed E-state index contributed by atoms with van der Waals surface area (Å²) in [5.74, 6) is -0.905. The standard InChI is InChI=1S/C16H22BrNO4/c1-10(2)8-14(19)15(20)18-13(16(21)22-3)9-11-4-6-12(17)7-5-11/h4-7,10,13-14,19H,8-9H2,1-3H3,(H,18,20)/t13-,14+/m0/s1. The molecule has 0 aliphatic heterocycles. The van der Waals surface area contributed by atoms with E-state index in [0.29, 0.717) is 12.8 Å². The van der Waals surface area contributed by atoms with Crippen LogP contribution in [0.5, 0.6) is 0 Å². The van der Waals surface area contributed by atoms with Crippen LogP contribution >= 0.6 is 15.9 Å². The van der Waals surface area contributed by atoms with Crippen LogP contribution in [0.15, 0.2) is 28.7 Å². The third kappa shape index (κ3) is 6.15. The topological polar surface area (TPSA) is 75.6 Å². The third-order valence-corrected chi connectivity index (χ3v) is 3.68. The van der Waals surface area contributed by atoms with E-state index in [1.165, 1.54) is 7.11 Å². The number of benzene rings is 1. The molecule has 0 saturated heterocycles. The van der Waals surface area contributed by atoms with E-state index in [1.807, 2.05) is 38.1 Å². The Labute approximate surface area is 139 Å². The third-order valence-electron chi connectivity index (χ3n) is 3.15. The number of rotatable bonds is 7. The van der Waals surface area contributed by atoms with Crippen LogP contribution in [0.1, 0.15) is 25.8 Å². The minimum Gasteiger partial charge on any atom is -0.467 e. The monoisotopic (exact) mass is 371 g/mol. The van der Waals surface area contributed by atoms with E-state index < -0.39 is 24.0 Å². The summed E-state index contributed by atoms with van der Waals surface area (Å²) in [6, 6.07) is 6.62. The molecule has 0 spiro atoms. The van der Waals surface area contributed by atoms with E-state index in [0.717, 1.165) is 10.0 Å². The number of esters is 1. The molecule has 5 nitrogen and oxygen atoms in total. The molecule has 1 rings (SSSR count). The molecule has 0 aromatic heterocycles. The maximum absolute atomic E-state index is 12.0. The maximum Gasteiger partial charge on any atom is 0.328 e. The van der Waals surface area contributed by atoms with Gasteiger partial charge in [0.1, 0.15) is 12.1 Å². The number of methoxy groups -OCH3 is 1. The van der Waals surface area contributed by atoms with Gasteiger partial charge in [-0.25, -0.2) is 4.79 Å². The quantitative estimate of drug-likeness (QED) is 0.719. The summed E-state index contributed by atoms with van der Waals surface area (Å²) in [6.45, 7) is 3.83. The first-order valence-corrected chi connectivity index (χ1v) is 7.93. The van der Waals surface area contributed by atoms with Crippen LogP contribution in [-0.2, 0) is 20.7 Å². The average Bonchev–Trinajstić information content (AvgIpc) is 2.47. The summed E-state index contributed by atoms with van der Waals surface area (Å²) < 4.78 is 5.66. The molecule has 0 bridgehead atoms. The Balaban J connectivity index is 2.74. The van der Waals surface area contributed by atoms with Crippen LogP contribution in [0, 0.1) is 5.92 Å². The van der Waals surface area contributed by atoms with Gasteiger partial charge >= 0.3 is 5.97 Å². The minimum absolute atomic E-state index is 0.184. The zero-order valence-corrected chi connectivity index (χ0v) is 14.6. The minimum atomic E-state index is -1.13. The van der Waals surface area contributed by atoms with Crippen LogP contribution in [0.3, 0.4) is 0 Å². The number of hydrogen-bond acceptors (Lipinski definition) is 4. The highest BCUT2D eigenvalue weighted by atomic mass is 79.9. The summed E-state index contributed by atoms with van der Waals surface area (Å²) in [7, 11) is 1.27. The Kier molecular flexibility index (Phi) is 7.55. The van der Waals surface area contributed by atoms with E-state index in [9.17, 15) is 14.7 Å². The molecule has 2 N–H and O–H groups in total. The van der Waals surface area contributed by atoms with E-state index in [-0.39, 0.29) is 5.92 Å². The van der Waals surface area contributed by atoms with Crippen molar-refractivity contribution in [2.45, 2.75) is 38.8 Å². The lowest BCUT2D eigenvalue weighted by Gasteiger charge is -2.19. The zero-order chi connectivity index (χ0) is 16.7. The van der Waals surface area contributed by atoms with Gasteiger partial charge in [-0.2, -0.15) is 0 Å². The van der Waals surface area contributed by atoms with Gasteiger partial charge in [-0.1, -0.05) is 41.9 Å². The largest absolute Gasteiger partial charge is 0.467 e. The fourth-order valence-corrected chi connectivity index (χ4v) is 2.28. The molecule has 6 heteroatoms. The van der Waals surface area contributed by atoms with E-state index >= 15 is 0 Å². The van der Waals surface area contributed by atoms with Crippen LogP contribution in [0.4, 0.5) is 0 Å². The molecule has 0 radical (unpaired) electrons. The van der Waals surface area contributed by atoms with Gasteiger partial charge in [-0.15, -0.1) is 0 Å². The lowest BCUT2D eigenvalue weighted by Crippen LogP contribution is -2.47. The van der Waals surface area contributed by atoms with Crippen molar-refractivity contribution in [3.63, 3.8) is 0 Å². The van der Waals surface area contributed by atoms with E-state index in [1.54, 1.807) is 0 Å². The molecular weight excluding hydrogens is 350 g/mol. The van der Waals surface area contributed by atoms with Gasteiger partial charge in [0.2, 0.25) is 5.91 Å². The number of aliphatic hydroxyl groups is 1. The maximum atomic E-state index is 12.0. The van der Waals surface area contributed by atoms with Crippen molar-refractivity contribution in [3.8, 4) is 0 Å². The molecule has 22 heavy (non-hydrogen) atoms. The number of aliphatic hydroxyl groups excluding tert-OH is 1. The first-order chi connectivity index (χ1) is 10.3. The zero-order valence-electron chi connectivity index (χ0n) is 13.0. The summed E-state index contributed by atoms with van der Waals surface area (Å²) in [5, 5.41) is 12.4. The van der Waals surface area contributed by atoms with Gasteiger partial charge in [-0.05, 0) is 30.0 Å². The molecule has 1 aromatic carbocycles.